The van der Waals surface area contributed by atoms with E-state index >= 15 is 0 Å². The molecule has 4 aromatic rings. The van der Waals surface area contributed by atoms with E-state index in [-0.39, 0.29) is 18.2 Å². The molecule has 2 amide bonds. The summed E-state index contributed by atoms with van der Waals surface area (Å²) in [6.45, 7) is 2.18. The van der Waals surface area contributed by atoms with Crippen molar-refractivity contribution in [3.63, 3.8) is 0 Å². The molecule has 0 radical (unpaired) electrons. The zero-order chi connectivity index (χ0) is 27.9. The zero-order valence-electron chi connectivity index (χ0n) is 22.6. The van der Waals surface area contributed by atoms with Gasteiger partial charge in [0.05, 0.1) is 18.7 Å². The lowest BCUT2D eigenvalue weighted by Crippen LogP contribution is -2.50. The van der Waals surface area contributed by atoms with E-state index in [4.69, 9.17) is 9.73 Å². The molecule has 0 fully saturated rings. The van der Waals surface area contributed by atoms with Crippen molar-refractivity contribution in [1.29, 1.82) is 0 Å². The standard InChI is InChI=1S/C33H32N4O3/c1-23(34-31(38)21-24-17-19-27(20-18-24)40-26-13-7-4-8-14-26)33(39)36-30-22-37(2)29-16-10-9-15-28(29)32(35-30)25-11-5-3-6-12-25/h3-20,23,30H,21-22H2,1-2H3,(H,34,38)(H,36,39)/t23-,30+/m0/s1. The van der Waals surface area contributed by atoms with Crippen molar-refractivity contribution in [3.05, 3.63) is 126 Å². The molecule has 202 valence electrons. The molecule has 0 aromatic heterocycles. The van der Waals surface area contributed by atoms with Crippen LogP contribution in [0.25, 0.3) is 0 Å². The fraction of sp³-hybridized carbons (Fsp3) is 0.182. The van der Waals surface area contributed by atoms with Crippen molar-refractivity contribution in [3.8, 4) is 11.5 Å². The van der Waals surface area contributed by atoms with Crippen LogP contribution in [-0.4, -0.2) is 43.3 Å². The number of nitrogens with one attached hydrogen (secondary N) is 2. The predicted octanol–water partition coefficient (Wildman–Crippen LogP) is 4.96. The second kappa shape index (κ2) is 12.3. The van der Waals surface area contributed by atoms with Crippen LogP contribution < -0.4 is 20.3 Å². The van der Waals surface area contributed by atoms with Crippen LogP contribution in [0.3, 0.4) is 0 Å². The molecule has 0 saturated carbocycles. The minimum Gasteiger partial charge on any atom is -0.457 e. The van der Waals surface area contributed by atoms with Gasteiger partial charge in [-0.1, -0.05) is 78.9 Å². The number of nitrogens with zero attached hydrogens (tertiary/aromatic N) is 2. The number of para-hydroxylation sites is 2. The third-order valence-electron chi connectivity index (χ3n) is 6.70. The van der Waals surface area contributed by atoms with Crippen LogP contribution in [-0.2, 0) is 16.0 Å². The first-order valence-electron chi connectivity index (χ1n) is 13.3. The Kier molecular flexibility index (Phi) is 8.21. The van der Waals surface area contributed by atoms with Crippen molar-refractivity contribution < 1.29 is 14.3 Å². The number of carbonyl (C=O) groups is 2. The van der Waals surface area contributed by atoms with E-state index in [1.54, 1.807) is 6.92 Å². The number of ether oxygens (including phenoxy) is 1. The summed E-state index contributed by atoms with van der Waals surface area (Å²) in [5.41, 5.74) is 4.68. The number of benzodiazepines with no additional fused rings is 1. The molecule has 0 saturated heterocycles. The number of fused-ring (bicyclic) bond motifs is 1. The Morgan fingerprint density at radius 2 is 1.50 bits per heavy atom. The number of likely N-dealkylation sites (N-methyl/N-ethyl adjacent to an activating group) is 1. The van der Waals surface area contributed by atoms with Crippen LogP contribution >= 0.6 is 0 Å². The highest BCUT2D eigenvalue weighted by Crippen LogP contribution is 2.26. The largest absolute Gasteiger partial charge is 0.457 e. The van der Waals surface area contributed by atoms with Gasteiger partial charge in [0.25, 0.3) is 0 Å². The van der Waals surface area contributed by atoms with E-state index in [0.29, 0.717) is 12.3 Å². The van der Waals surface area contributed by atoms with Gasteiger partial charge in [-0.2, -0.15) is 0 Å². The maximum absolute atomic E-state index is 13.1. The van der Waals surface area contributed by atoms with Gasteiger partial charge in [0.2, 0.25) is 11.8 Å². The van der Waals surface area contributed by atoms with Crippen molar-refractivity contribution in [2.24, 2.45) is 4.99 Å². The Hall–Kier alpha value is -4.91. The van der Waals surface area contributed by atoms with Crippen molar-refractivity contribution in [1.82, 2.24) is 10.6 Å². The SMILES string of the molecule is C[C@H](NC(=O)Cc1ccc(Oc2ccccc2)cc1)C(=O)N[C@@H]1CN(C)c2ccccc2C(c2ccccc2)=N1. The average molecular weight is 533 g/mol. The van der Waals surface area contributed by atoms with E-state index in [1.165, 1.54) is 0 Å². The highest BCUT2D eigenvalue weighted by atomic mass is 16.5. The van der Waals surface area contributed by atoms with Crippen LogP contribution in [0.1, 0.15) is 23.6 Å². The summed E-state index contributed by atoms with van der Waals surface area (Å²) in [6, 6.07) is 34.2. The lowest BCUT2D eigenvalue weighted by atomic mass is 10.0. The lowest BCUT2D eigenvalue weighted by Gasteiger charge is -2.24. The Labute approximate surface area is 234 Å². The quantitative estimate of drug-likeness (QED) is 0.336. The average Bonchev–Trinajstić information content (AvgIpc) is 3.11. The third kappa shape index (κ3) is 6.56. The van der Waals surface area contributed by atoms with Crippen LogP contribution in [0, 0.1) is 0 Å². The molecular formula is C33H32N4O3. The Balaban J connectivity index is 1.21. The Bertz CT molecular complexity index is 1490. The van der Waals surface area contributed by atoms with E-state index in [2.05, 4.69) is 21.6 Å². The number of anilines is 1. The van der Waals surface area contributed by atoms with Gasteiger partial charge in [-0.25, -0.2) is 0 Å². The smallest absolute Gasteiger partial charge is 0.243 e. The number of amides is 2. The first kappa shape index (κ1) is 26.7. The second-order valence-corrected chi connectivity index (χ2v) is 9.79. The van der Waals surface area contributed by atoms with Gasteiger partial charge < -0.3 is 20.3 Å². The van der Waals surface area contributed by atoms with E-state index in [1.807, 2.05) is 110 Å². The molecule has 7 nitrogen and oxygen atoms in total. The third-order valence-corrected chi connectivity index (χ3v) is 6.70. The monoisotopic (exact) mass is 532 g/mol. The summed E-state index contributed by atoms with van der Waals surface area (Å²) in [5, 5.41) is 5.84. The number of rotatable bonds is 8. The number of hydrogen-bond acceptors (Lipinski definition) is 5. The van der Waals surface area contributed by atoms with Crippen molar-refractivity contribution in [2.45, 2.75) is 25.6 Å². The van der Waals surface area contributed by atoms with Crippen LogP contribution in [0.5, 0.6) is 11.5 Å². The molecule has 2 atom stereocenters. The maximum Gasteiger partial charge on any atom is 0.243 e. The van der Waals surface area contributed by atoms with Gasteiger partial charge in [0.1, 0.15) is 23.7 Å². The van der Waals surface area contributed by atoms with Crippen LogP contribution in [0.15, 0.2) is 114 Å². The zero-order valence-corrected chi connectivity index (χ0v) is 22.6. The number of carbonyl (C=O) groups excluding carboxylic acids is 2. The van der Waals surface area contributed by atoms with Gasteiger partial charge >= 0.3 is 0 Å². The molecule has 1 aliphatic heterocycles. The lowest BCUT2D eigenvalue weighted by molar-refractivity contribution is -0.128. The minimum absolute atomic E-state index is 0.154. The van der Waals surface area contributed by atoms with Gasteiger partial charge in [0, 0.05) is 23.9 Å². The number of benzene rings is 4. The molecule has 40 heavy (non-hydrogen) atoms. The molecule has 5 rings (SSSR count). The van der Waals surface area contributed by atoms with Gasteiger partial charge in [0.15, 0.2) is 0 Å². The van der Waals surface area contributed by atoms with Crippen molar-refractivity contribution >= 4 is 23.2 Å². The molecule has 1 heterocycles. The molecule has 4 aromatic carbocycles. The van der Waals surface area contributed by atoms with E-state index < -0.39 is 12.2 Å². The summed E-state index contributed by atoms with van der Waals surface area (Å²) in [7, 11) is 1.99. The van der Waals surface area contributed by atoms with Gasteiger partial charge in [-0.05, 0) is 42.8 Å². The van der Waals surface area contributed by atoms with Crippen LogP contribution in [0.2, 0.25) is 0 Å². The highest BCUT2D eigenvalue weighted by molar-refractivity contribution is 6.16. The van der Waals surface area contributed by atoms with E-state index in [9.17, 15) is 9.59 Å². The second-order valence-electron chi connectivity index (χ2n) is 9.79. The van der Waals surface area contributed by atoms with E-state index in [0.717, 1.165) is 33.8 Å². The molecule has 0 aliphatic carbocycles. The van der Waals surface area contributed by atoms with Crippen molar-refractivity contribution in [2.75, 3.05) is 18.5 Å². The maximum atomic E-state index is 13.1. The molecular weight excluding hydrogens is 500 g/mol. The predicted molar refractivity (Wildman–Crippen MR) is 158 cm³/mol. The highest BCUT2D eigenvalue weighted by Gasteiger charge is 2.25. The topological polar surface area (TPSA) is 83.0 Å². The molecule has 7 heteroatoms. The summed E-state index contributed by atoms with van der Waals surface area (Å²) in [5.74, 6) is 0.907. The molecule has 1 aliphatic rings. The normalized spacial score (nSPS) is 15.2. The number of hydrogen-bond donors (Lipinski definition) is 2. The van der Waals surface area contributed by atoms with Gasteiger partial charge in [-0.3, -0.25) is 14.6 Å². The minimum atomic E-state index is -0.723. The first-order chi connectivity index (χ1) is 19.5. The fourth-order valence-corrected chi connectivity index (χ4v) is 4.67. The number of aliphatic imine (C=N–C) groups is 1. The summed E-state index contributed by atoms with van der Waals surface area (Å²) < 4.78 is 5.81. The summed E-state index contributed by atoms with van der Waals surface area (Å²) in [6.07, 6.45) is -0.335. The first-order valence-corrected chi connectivity index (χ1v) is 13.3. The van der Waals surface area contributed by atoms with Gasteiger partial charge in [-0.15, -0.1) is 0 Å². The molecule has 2 N–H and O–H groups in total. The summed E-state index contributed by atoms with van der Waals surface area (Å²) in [4.78, 5) is 32.9. The molecule has 0 unspecified atom stereocenters. The molecule has 0 bridgehead atoms. The fourth-order valence-electron chi connectivity index (χ4n) is 4.67. The Morgan fingerprint density at radius 1 is 0.875 bits per heavy atom. The summed E-state index contributed by atoms with van der Waals surface area (Å²) >= 11 is 0. The molecule has 0 spiro atoms. The van der Waals surface area contributed by atoms with Crippen LogP contribution in [0.4, 0.5) is 5.69 Å². The Morgan fingerprint density at radius 3 is 2.23 bits per heavy atom.